The SMILES string of the molecule is O=C(CSc1nc2ccccc2n1C(F)F)NCc1cccs1. The van der Waals surface area contributed by atoms with Gasteiger partial charge in [-0.25, -0.2) is 4.98 Å². The molecule has 0 aliphatic heterocycles. The average Bonchev–Trinajstić information content (AvgIpc) is 3.17. The quantitative estimate of drug-likeness (QED) is 0.684. The number of hydrogen-bond donors (Lipinski definition) is 1. The molecule has 120 valence electrons. The lowest BCUT2D eigenvalue weighted by Crippen LogP contribution is -2.24. The molecule has 0 atom stereocenters. The van der Waals surface area contributed by atoms with Crippen LogP contribution in [0.4, 0.5) is 8.78 Å². The van der Waals surface area contributed by atoms with E-state index >= 15 is 0 Å². The summed E-state index contributed by atoms with van der Waals surface area (Å²) in [5.74, 6) is -0.169. The molecule has 0 saturated heterocycles. The number of nitrogens with one attached hydrogen (secondary N) is 1. The lowest BCUT2D eigenvalue weighted by Gasteiger charge is -2.07. The third-order valence-electron chi connectivity index (χ3n) is 3.13. The maximum atomic E-state index is 13.3. The van der Waals surface area contributed by atoms with Crippen molar-refractivity contribution in [3.8, 4) is 0 Å². The van der Waals surface area contributed by atoms with Crippen molar-refractivity contribution in [2.75, 3.05) is 5.75 Å². The molecule has 23 heavy (non-hydrogen) atoms. The number of fused-ring (bicyclic) bond motifs is 1. The van der Waals surface area contributed by atoms with Gasteiger partial charge in [0.2, 0.25) is 5.91 Å². The molecule has 8 heteroatoms. The van der Waals surface area contributed by atoms with Gasteiger partial charge in [0, 0.05) is 4.88 Å². The summed E-state index contributed by atoms with van der Waals surface area (Å²) >= 11 is 2.56. The molecule has 3 rings (SSSR count). The number of thiophene rings is 1. The number of halogens is 2. The number of benzene rings is 1. The van der Waals surface area contributed by atoms with E-state index in [0.717, 1.165) is 21.2 Å². The number of carbonyl (C=O) groups is 1. The van der Waals surface area contributed by atoms with Crippen LogP contribution >= 0.6 is 23.1 Å². The number of rotatable bonds is 6. The summed E-state index contributed by atoms with van der Waals surface area (Å²) in [6.45, 7) is -2.25. The summed E-state index contributed by atoms with van der Waals surface area (Å²) in [4.78, 5) is 17.1. The second-order valence-corrected chi connectivity index (χ2v) is 6.65. The summed E-state index contributed by atoms with van der Waals surface area (Å²) in [5.41, 5.74) is 0.860. The first-order valence-corrected chi connectivity index (χ1v) is 8.68. The second-order valence-electron chi connectivity index (χ2n) is 4.68. The van der Waals surface area contributed by atoms with Crippen molar-refractivity contribution in [1.29, 1.82) is 0 Å². The van der Waals surface area contributed by atoms with Crippen LogP contribution in [-0.4, -0.2) is 21.2 Å². The van der Waals surface area contributed by atoms with Crippen molar-refractivity contribution >= 4 is 40.0 Å². The molecule has 0 spiro atoms. The number of alkyl halides is 2. The zero-order chi connectivity index (χ0) is 16.2. The zero-order valence-corrected chi connectivity index (χ0v) is 13.5. The Bertz CT molecular complexity index is 802. The topological polar surface area (TPSA) is 46.9 Å². The van der Waals surface area contributed by atoms with E-state index in [2.05, 4.69) is 10.3 Å². The monoisotopic (exact) mass is 353 g/mol. The fourth-order valence-electron chi connectivity index (χ4n) is 2.09. The molecule has 0 aliphatic rings. The Morgan fingerprint density at radius 3 is 2.87 bits per heavy atom. The van der Waals surface area contributed by atoms with Crippen LogP contribution in [0.2, 0.25) is 0 Å². The average molecular weight is 353 g/mol. The minimum atomic E-state index is -2.70. The number of para-hydroxylation sites is 2. The molecule has 0 unspecified atom stereocenters. The highest BCUT2D eigenvalue weighted by Gasteiger charge is 2.18. The van der Waals surface area contributed by atoms with Crippen LogP contribution in [-0.2, 0) is 11.3 Å². The molecule has 0 bridgehead atoms. The fraction of sp³-hybridized carbons (Fsp3) is 0.200. The molecule has 1 amide bonds. The Morgan fingerprint density at radius 2 is 2.13 bits per heavy atom. The molecule has 1 N–H and O–H groups in total. The van der Waals surface area contributed by atoms with Gasteiger partial charge in [0.1, 0.15) is 0 Å². The summed E-state index contributed by atoms with van der Waals surface area (Å²) in [7, 11) is 0. The van der Waals surface area contributed by atoms with Crippen LogP contribution < -0.4 is 5.32 Å². The Hall–Kier alpha value is -1.93. The van der Waals surface area contributed by atoms with Crippen molar-refractivity contribution in [1.82, 2.24) is 14.9 Å². The Kier molecular flexibility index (Phi) is 4.92. The Balaban J connectivity index is 1.66. The van der Waals surface area contributed by atoms with Crippen molar-refractivity contribution in [3.63, 3.8) is 0 Å². The standard InChI is InChI=1S/C15H13F2N3OS2/c16-14(17)20-12-6-2-1-5-11(12)19-15(20)23-9-13(21)18-8-10-4-3-7-22-10/h1-7,14H,8-9H2,(H,18,21). The summed E-state index contributed by atoms with van der Waals surface area (Å²) in [5, 5.41) is 4.84. The smallest absolute Gasteiger partial charge is 0.321 e. The van der Waals surface area contributed by atoms with Gasteiger partial charge >= 0.3 is 6.55 Å². The van der Waals surface area contributed by atoms with Gasteiger partial charge in [-0.3, -0.25) is 9.36 Å². The van der Waals surface area contributed by atoms with E-state index < -0.39 is 6.55 Å². The number of carbonyl (C=O) groups excluding carboxylic acids is 1. The Labute approximate surface area is 139 Å². The highest BCUT2D eigenvalue weighted by Crippen LogP contribution is 2.28. The van der Waals surface area contributed by atoms with E-state index in [9.17, 15) is 13.6 Å². The first kappa shape index (κ1) is 15.9. The molecule has 0 aliphatic carbocycles. The number of aromatic nitrogens is 2. The van der Waals surface area contributed by atoms with Crippen molar-refractivity contribution in [2.24, 2.45) is 0 Å². The van der Waals surface area contributed by atoms with Crippen molar-refractivity contribution in [3.05, 3.63) is 46.7 Å². The van der Waals surface area contributed by atoms with E-state index in [4.69, 9.17) is 0 Å². The van der Waals surface area contributed by atoms with Gasteiger partial charge in [0.25, 0.3) is 0 Å². The van der Waals surface area contributed by atoms with Crippen molar-refractivity contribution in [2.45, 2.75) is 18.3 Å². The minimum absolute atomic E-state index is 0.0431. The lowest BCUT2D eigenvalue weighted by atomic mass is 10.3. The van der Waals surface area contributed by atoms with E-state index in [1.165, 1.54) is 0 Å². The van der Waals surface area contributed by atoms with Crippen LogP contribution in [0.15, 0.2) is 46.9 Å². The predicted octanol–water partition coefficient (Wildman–Crippen LogP) is 3.90. The maximum Gasteiger partial charge on any atom is 0.321 e. The van der Waals surface area contributed by atoms with Gasteiger partial charge < -0.3 is 5.32 Å². The third kappa shape index (κ3) is 3.70. The highest BCUT2D eigenvalue weighted by atomic mass is 32.2. The second kappa shape index (κ2) is 7.10. The van der Waals surface area contributed by atoms with Gasteiger partial charge in [-0.1, -0.05) is 30.0 Å². The van der Waals surface area contributed by atoms with Crippen LogP contribution in [0, 0.1) is 0 Å². The largest absolute Gasteiger partial charge is 0.350 e. The summed E-state index contributed by atoms with van der Waals surface area (Å²) in [6.07, 6.45) is 0. The molecule has 2 heterocycles. The molecule has 4 nitrogen and oxygen atoms in total. The first-order valence-electron chi connectivity index (χ1n) is 6.82. The molecule has 0 radical (unpaired) electrons. The molecule has 0 fully saturated rings. The molecule has 1 aromatic carbocycles. The van der Waals surface area contributed by atoms with Gasteiger partial charge in [0.15, 0.2) is 5.16 Å². The molecule has 3 aromatic rings. The van der Waals surface area contributed by atoms with Gasteiger partial charge in [-0.2, -0.15) is 8.78 Å². The molecule has 0 saturated carbocycles. The van der Waals surface area contributed by atoms with E-state index in [1.54, 1.807) is 35.6 Å². The van der Waals surface area contributed by atoms with E-state index in [-0.39, 0.29) is 16.8 Å². The van der Waals surface area contributed by atoms with Crippen LogP contribution in [0.1, 0.15) is 11.4 Å². The van der Waals surface area contributed by atoms with Crippen LogP contribution in [0.5, 0.6) is 0 Å². The maximum absolute atomic E-state index is 13.3. The van der Waals surface area contributed by atoms with Crippen LogP contribution in [0.25, 0.3) is 11.0 Å². The fourth-order valence-corrected chi connectivity index (χ4v) is 3.58. The number of thioether (sulfide) groups is 1. The molecule has 2 aromatic heterocycles. The number of amides is 1. The van der Waals surface area contributed by atoms with Gasteiger partial charge in [-0.05, 0) is 23.6 Å². The third-order valence-corrected chi connectivity index (χ3v) is 4.96. The normalized spacial score (nSPS) is 11.3. The first-order chi connectivity index (χ1) is 11.1. The number of imidazole rings is 1. The van der Waals surface area contributed by atoms with E-state index in [0.29, 0.717) is 17.6 Å². The molecular formula is C15H13F2N3OS2. The van der Waals surface area contributed by atoms with Gasteiger partial charge in [0.05, 0.1) is 23.3 Å². The van der Waals surface area contributed by atoms with E-state index in [1.807, 2.05) is 17.5 Å². The predicted molar refractivity (Wildman–Crippen MR) is 87.9 cm³/mol. The Morgan fingerprint density at radius 1 is 1.30 bits per heavy atom. The lowest BCUT2D eigenvalue weighted by molar-refractivity contribution is -0.118. The zero-order valence-electron chi connectivity index (χ0n) is 11.9. The highest BCUT2D eigenvalue weighted by molar-refractivity contribution is 7.99. The summed E-state index contributed by atoms with van der Waals surface area (Å²) < 4.78 is 27.4. The van der Waals surface area contributed by atoms with Crippen LogP contribution in [0.3, 0.4) is 0 Å². The van der Waals surface area contributed by atoms with Crippen molar-refractivity contribution < 1.29 is 13.6 Å². The number of hydrogen-bond acceptors (Lipinski definition) is 4. The number of nitrogens with zero attached hydrogens (tertiary/aromatic N) is 2. The minimum Gasteiger partial charge on any atom is -0.350 e. The molecular weight excluding hydrogens is 340 g/mol. The summed E-state index contributed by atoms with van der Waals surface area (Å²) in [6, 6.07) is 10.5. The van der Waals surface area contributed by atoms with Gasteiger partial charge in [-0.15, -0.1) is 11.3 Å².